The van der Waals surface area contributed by atoms with Crippen molar-refractivity contribution < 1.29 is 14.4 Å². The molecule has 7 heteroatoms. The number of fused-ring (bicyclic) bond motifs is 2. The molecule has 4 rings (SSSR count). The number of hydrogen-bond acceptors (Lipinski definition) is 4. The van der Waals surface area contributed by atoms with Crippen LogP contribution in [0.15, 0.2) is 48.5 Å². The maximum atomic E-state index is 13.1. The van der Waals surface area contributed by atoms with E-state index in [9.17, 15) is 14.4 Å². The number of urea groups is 1. The van der Waals surface area contributed by atoms with E-state index >= 15 is 0 Å². The van der Waals surface area contributed by atoms with Gasteiger partial charge in [0, 0.05) is 25.5 Å². The minimum absolute atomic E-state index is 0.315. The predicted octanol–water partition coefficient (Wildman–Crippen LogP) is 2.08. The molecule has 7 nitrogen and oxygen atoms in total. The van der Waals surface area contributed by atoms with Gasteiger partial charge in [-0.25, -0.2) is 4.79 Å². The average Bonchev–Trinajstić information content (AvgIpc) is 3.16. The fourth-order valence-corrected chi connectivity index (χ4v) is 3.92. The van der Waals surface area contributed by atoms with Gasteiger partial charge < -0.3 is 15.5 Å². The quantitative estimate of drug-likeness (QED) is 0.798. The Bertz CT molecular complexity index is 954. The highest BCUT2D eigenvalue weighted by molar-refractivity contribution is 6.10. The van der Waals surface area contributed by atoms with Crippen LogP contribution >= 0.6 is 0 Å². The summed E-state index contributed by atoms with van der Waals surface area (Å²) in [6.07, 6.45) is 1.24. The second-order valence-corrected chi connectivity index (χ2v) is 7.37. The number of rotatable bonds is 4. The second kappa shape index (κ2) is 6.67. The van der Waals surface area contributed by atoms with Crippen molar-refractivity contribution in [2.24, 2.45) is 0 Å². The molecule has 4 amide bonds. The van der Waals surface area contributed by atoms with E-state index in [4.69, 9.17) is 0 Å². The molecule has 1 unspecified atom stereocenters. The minimum atomic E-state index is -1.04. The minimum Gasteiger partial charge on any atom is -0.378 e. The summed E-state index contributed by atoms with van der Waals surface area (Å²) in [6, 6.07) is 14.4. The van der Waals surface area contributed by atoms with Gasteiger partial charge in [0.2, 0.25) is 5.91 Å². The molecule has 2 N–H and O–H groups in total. The van der Waals surface area contributed by atoms with Crippen LogP contribution in [-0.2, 0) is 21.5 Å². The summed E-state index contributed by atoms with van der Waals surface area (Å²) < 4.78 is 0. The van der Waals surface area contributed by atoms with Gasteiger partial charge in [-0.3, -0.25) is 14.5 Å². The molecule has 0 radical (unpaired) electrons. The van der Waals surface area contributed by atoms with Crippen LogP contribution in [0.5, 0.6) is 0 Å². The molecule has 1 saturated heterocycles. The van der Waals surface area contributed by atoms with Crippen molar-refractivity contribution in [3.63, 3.8) is 0 Å². The van der Waals surface area contributed by atoms with Gasteiger partial charge in [-0.15, -0.1) is 0 Å². The highest BCUT2D eigenvalue weighted by Gasteiger charge is 2.55. The molecule has 1 fully saturated rings. The van der Waals surface area contributed by atoms with Crippen LogP contribution in [0.4, 0.5) is 16.2 Å². The summed E-state index contributed by atoms with van der Waals surface area (Å²) in [5.74, 6) is -0.773. The third kappa shape index (κ3) is 2.89. The van der Waals surface area contributed by atoms with Gasteiger partial charge in [-0.05, 0) is 48.2 Å². The summed E-state index contributed by atoms with van der Waals surface area (Å²) >= 11 is 0. The fraction of sp³-hybridized carbons (Fsp3) is 0.286. The molecule has 2 aliphatic rings. The van der Waals surface area contributed by atoms with Gasteiger partial charge in [-0.1, -0.05) is 24.3 Å². The smallest absolute Gasteiger partial charge is 0.325 e. The van der Waals surface area contributed by atoms with E-state index in [1.54, 1.807) is 12.1 Å². The maximum absolute atomic E-state index is 13.1. The van der Waals surface area contributed by atoms with Crippen LogP contribution in [0, 0.1) is 0 Å². The van der Waals surface area contributed by atoms with Crippen LogP contribution in [0.1, 0.15) is 17.5 Å². The van der Waals surface area contributed by atoms with E-state index in [1.807, 2.05) is 55.4 Å². The lowest BCUT2D eigenvalue weighted by Gasteiger charge is -2.22. The van der Waals surface area contributed by atoms with Crippen molar-refractivity contribution in [3.8, 4) is 0 Å². The molecule has 144 valence electrons. The van der Waals surface area contributed by atoms with Crippen LogP contribution in [0.2, 0.25) is 0 Å². The lowest BCUT2D eigenvalue weighted by molar-refractivity contribution is -0.134. The van der Waals surface area contributed by atoms with Crippen molar-refractivity contribution in [1.82, 2.24) is 10.2 Å². The largest absolute Gasteiger partial charge is 0.378 e. The predicted molar refractivity (Wildman–Crippen MR) is 106 cm³/mol. The second-order valence-electron chi connectivity index (χ2n) is 7.37. The lowest BCUT2D eigenvalue weighted by Crippen LogP contribution is -2.42. The number of aryl methyl sites for hydroxylation is 1. The van der Waals surface area contributed by atoms with Crippen molar-refractivity contribution in [2.75, 3.05) is 30.9 Å². The van der Waals surface area contributed by atoms with Crippen LogP contribution in [0.3, 0.4) is 0 Å². The third-order valence-electron chi connectivity index (χ3n) is 5.39. The van der Waals surface area contributed by atoms with Gasteiger partial charge in [0.15, 0.2) is 0 Å². The normalized spacial score (nSPS) is 20.3. The first kappa shape index (κ1) is 18.0. The van der Waals surface area contributed by atoms with Crippen LogP contribution < -0.4 is 15.5 Å². The van der Waals surface area contributed by atoms with E-state index in [0.717, 1.165) is 28.1 Å². The number of hydrogen-bond donors (Lipinski definition) is 2. The molecule has 28 heavy (non-hydrogen) atoms. The summed E-state index contributed by atoms with van der Waals surface area (Å²) in [4.78, 5) is 40.9. The zero-order chi connectivity index (χ0) is 19.9. The maximum Gasteiger partial charge on any atom is 0.325 e. The SMILES string of the molecule is CN(C)c1ccc(NC(=O)CN2C(=O)NC3(CCc4ccccc43)C2=O)cc1. The highest BCUT2D eigenvalue weighted by Crippen LogP contribution is 2.41. The zero-order valence-corrected chi connectivity index (χ0v) is 15.9. The summed E-state index contributed by atoms with van der Waals surface area (Å²) in [5.41, 5.74) is 2.47. The van der Waals surface area contributed by atoms with Crippen molar-refractivity contribution in [3.05, 3.63) is 59.7 Å². The van der Waals surface area contributed by atoms with Crippen molar-refractivity contribution in [1.29, 1.82) is 0 Å². The monoisotopic (exact) mass is 378 g/mol. The number of amides is 4. The zero-order valence-electron chi connectivity index (χ0n) is 15.9. The Balaban J connectivity index is 1.47. The molecule has 1 heterocycles. The standard InChI is InChI=1S/C21H22N4O3/c1-24(2)16-9-7-15(8-10-16)22-18(26)13-25-19(27)21(23-20(25)28)12-11-14-5-3-4-6-17(14)21/h3-10H,11-13H2,1-2H3,(H,22,26)(H,23,28). The molecule has 1 atom stereocenters. The topological polar surface area (TPSA) is 81.8 Å². The summed E-state index contributed by atoms with van der Waals surface area (Å²) in [5, 5.41) is 5.57. The van der Waals surface area contributed by atoms with E-state index in [2.05, 4.69) is 10.6 Å². The van der Waals surface area contributed by atoms with Crippen molar-refractivity contribution in [2.45, 2.75) is 18.4 Å². The first-order valence-corrected chi connectivity index (χ1v) is 9.20. The van der Waals surface area contributed by atoms with Gasteiger partial charge in [0.05, 0.1) is 0 Å². The average molecular weight is 378 g/mol. The Hall–Kier alpha value is -3.35. The van der Waals surface area contributed by atoms with Crippen LogP contribution in [-0.4, -0.2) is 43.4 Å². The van der Waals surface area contributed by atoms with Crippen molar-refractivity contribution >= 4 is 29.2 Å². The molecule has 2 aromatic rings. The lowest BCUT2D eigenvalue weighted by atomic mass is 9.92. The fourth-order valence-electron chi connectivity index (χ4n) is 3.92. The summed E-state index contributed by atoms with van der Waals surface area (Å²) in [7, 11) is 3.87. The molecule has 0 aromatic heterocycles. The Morgan fingerprint density at radius 1 is 1.14 bits per heavy atom. The molecule has 0 bridgehead atoms. The van der Waals surface area contributed by atoms with Gasteiger partial charge in [0.25, 0.3) is 5.91 Å². The number of carbonyl (C=O) groups excluding carboxylic acids is 3. The van der Waals surface area contributed by atoms with Gasteiger partial charge in [0.1, 0.15) is 12.1 Å². The summed E-state index contributed by atoms with van der Waals surface area (Å²) in [6.45, 7) is -0.315. The molecular weight excluding hydrogens is 356 g/mol. The number of imide groups is 1. The third-order valence-corrected chi connectivity index (χ3v) is 5.39. The van der Waals surface area contributed by atoms with Gasteiger partial charge >= 0.3 is 6.03 Å². The Kier molecular flexibility index (Phi) is 4.30. The van der Waals surface area contributed by atoms with E-state index in [0.29, 0.717) is 12.1 Å². The molecule has 2 aromatic carbocycles. The Morgan fingerprint density at radius 3 is 2.57 bits per heavy atom. The Morgan fingerprint density at radius 2 is 1.86 bits per heavy atom. The number of nitrogens with zero attached hydrogens (tertiary/aromatic N) is 2. The van der Waals surface area contributed by atoms with Crippen LogP contribution in [0.25, 0.3) is 0 Å². The molecule has 0 saturated carbocycles. The first-order valence-electron chi connectivity index (χ1n) is 9.20. The van der Waals surface area contributed by atoms with Gasteiger partial charge in [-0.2, -0.15) is 0 Å². The van der Waals surface area contributed by atoms with E-state index < -0.39 is 17.5 Å². The first-order chi connectivity index (χ1) is 13.4. The number of anilines is 2. The number of carbonyl (C=O) groups is 3. The molecule has 1 aliphatic carbocycles. The van der Waals surface area contributed by atoms with E-state index in [1.165, 1.54) is 0 Å². The highest BCUT2D eigenvalue weighted by atomic mass is 16.2. The van der Waals surface area contributed by atoms with E-state index in [-0.39, 0.29) is 12.5 Å². The number of benzene rings is 2. The Labute approximate surface area is 163 Å². The molecule has 1 aliphatic heterocycles. The molecular formula is C21H22N4O3. The number of nitrogens with one attached hydrogen (secondary N) is 2. The molecule has 1 spiro atoms.